The van der Waals surface area contributed by atoms with Crippen molar-refractivity contribution >= 4 is 35.8 Å². The second-order valence-corrected chi connectivity index (χ2v) is 5.88. The molecule has 0 bridgehead atoms. The van der Waals surface area contributed by atoms with Gasteiger partial charge in [-0.15, -0.1) is 24.0 Å². The van der Waals surface area contributed by atoms with Crippen molar-refractivity contribution in [2.45, 2.75) is 25.5 Å². The molecule has 1 aromatic heterocycles. The van der Waals surface area contributed by atoms with Gasteiger partial charge < -0.3 is 24.3 Å². The Morgan fingerprint density at radius 1 is 1.42 bits per heavy atom. The van der Waals surface area contributed by atoms with E-state index in [1.807, 2.05) is 24.1 Å². The molecule has 0 radical (unpaired) electrons. The van der Waals surface area contributed by atoms with E-state index < -0.39 is 0 Å². The lowest BCUT2D eigenvalue weighted by molar-refractivity contribution is -0.127. The maximum atomic E-state index is 11.8. The zero-order valence-corrected chi connectivity index (χ0v) is 16.9. The largest absolute Gasteiger partial charge is 0.467 e. The average molecular weight is 450 g/mol. The molecule has 1 atom stereocenters. The second-order valence-electron chi connectivity index (χ2n) is 5.88. The number of carbonyl (C=O) groups is 1. The van der Waals surface area contributed by atoms with Crippen LogP contribution in [0.15, 0.2) is 27.8 Å². The summed E-state index contributed by atoms with van der Waals surface area (Å²) in [7, 11) is 5.37. The smallest absolute Gasteiger partial charge is 0.243 e. The molecule has 0 aromatic carbocycles. The molecule has 0 saturated carbocycles. The van der Waals surface area contributed by atoms with Crippen LogP contribution in [0.4, 0.5) is 0 Å². The van der Waals surface area contributed by atoms with E-state index in [1.54, 1.807) is 20.4 Å². The summed E-state index contributed by atoms with van der Waals surface area (Å²) in [4.78, 5) is 19.7. The Bertz CT molecular complexity index is 513. The van der Waals surface area contributed by atoms with Crippen LogP contribution in [0.5, 0.6) is 0 Å². The number of amides is 1. The van der Waals surface area contributed by atoms with Crippen LogP contribution in [0.3, 0.4) is 0 Å². The summed E-state index contributed by atoms with van der Waals surface area (Å²) in [6.45, 7) is 2.21. The molecule has 1 aliphatic heterocycles. The number of likely N-dealkylation sites (N-methyl/N-ethyl adjacent to an activating group) is 1. The fourth-order valence-corrected chi connectivity index (χ4v) is 2.32. The van der Waals surface area contributed by atoms with Crippen molar-refractivity contribution in [3.8, 4) is 0 Å². The Hall–Kier alpha value is -1.29. The van der Waals surface area contributed by atoms with Gasteiger partial charge in [-0.05, 0) is 25.0 Å². The Balaban J connectivity index is 0.00000288. The molecule has 0 aliphatic carbocycles. The minimum absolute atomic E-state index is 0. The molecule has 136 valence electrons. The molecule has 8 heteroatoms. The quantitative estimate of drug-likeness (QED) is 0.405. The number of hydrogen-bond acceptors (Lipinski definition) is 4. The molecule has 1 fully saturated rings. The lowest BCUT2D eigenvalue weighted by atomic mass is 10.2. The van der Waals surface area contributed by atoms with E-state index in [-0.39, 0.29) is 42.5 Å². The highest BCUT2D eigenvalue weighted by Gasteiger charge is 2.17. The maximum Gasteiger partial charge on any atom is 0.243 e. The standard InChI is InChI=1S/C16H26N4O3.HI/c1-19(2)15(21)11-18-16(17-10-13-6-4-8-22-13)20(3)12-14-7-5-9-23-14;/h5,7,9,13H,4,6,8,10-12H2,1-3H3,(H,17,18);1H. The van der Waals surface area contributed by atoms with Crippen molar-refractivity contribution in [3.05, 3.63) is 24.2 Å². The summed E-state index contributed by atoms with van der Waals surface area (Å²) in [5.41, 5.74) is 0. The number of hydrogen-bond donors (Lipinski definition) is 1. The minimum Gasteiger partial charge on any atom is -0.467 e. The first-order valence-corrected chi connectivity index (χ1v) is 7.90. The summed E-state index contributed by atoms with van der Waals surface area (Å²) >= 11 is 0. The molecule has 1 N–H and O–H groups in total. The SMILES string of the molecule is CN(C)C(=O)CN=C(NCC1CCCO1)N(C)Cc1ccco1.I. The third-order valence-corrected chi connectivity index (χ3v) is 3.71. The molecule has 0 spiro atoms. The second kappa shape index (κ2) is 10.5. The number of nitrogens with one attached hydrogen (secondary N) is 1. The lowest BCUT2D eigenvalue weighted by Crippen LogP contribution is -2.42. The highest BCUT2D eigenvalue weighted by Crippen LogP contribution is 2.11. The van der Waals surface area contributed by atoms with E-state index in [0.29, 0.717) is 19.0 Å². The fourth-order valence-electron chi connectivity index (χ4n) is 2.32. The normalized spacial score (nSPS) is 17.3. The predicted molar refractivity (Wildman–Crippen MR) is 104 cm³/mol. The predicted octanol–water partition coefficient (Wildman–Crippen LogP) is 1.54. The highest BCUT2D eigenvalue weighted by molar-refractivity contribution is 14.0. The van der Waals surface area contributed by atoms with Crippen LogP contribution >= 0.6 is 24.0 Å². The van der Waals surface area contributed by atoms with E-state index in [1.165, 1.54) is 4.90 Å². The number of rotatable bonds is 6. The van der Waals surface area contributed by atoms with Crippen LogP contribution in [0.2, 0.25) is 0 Å². The van der Waals surface area contributed by atoms with E-state index in [2.05, 4.69) is 10.3 Å². The molecule has 2 rings (SSSR count). The van der Waals surface area contributed by atoms with Crippen molar-refractivity contribution in [1.82, 2.24) is 15.1 Å². The molecular formula is C16H27IN4O3. The van der Waals surface area contributed by atoms with Gasteiger partial charge in [-0.1, -0.05) is 0 Å². The first-order chi connectivity index (χ1) is 11.1. The van der Waals surface area contributed by atoms with Gasteiger partial charge in [-0.2, -0.15) is 0 Å². The van der Waals surface area contributed by atoms with Gasteiger partial charge in [0.15, 0.2) is 5.96 Å². The Labute approximate surface area is 160 Å². The van der Waals surface area contributed by atoms with Crippen molar-refractivity contribution < 1.29 is 13.9 Å². The Morgan fingerprint density at radius 2 is 2.21 bits per heavy atom. The average Bonchev–Trinajstić information content (AvgIpc) is 3.20. The fraction of sp³-hybridized carbons (Fsp3) is 0.625. The molecular weight excluding hydrogens is 423 g/mol. The van der Waals surface area contributed by atoms with Gasteiger partial charge >= 0.3 is 0 Å². The molecule has 1 unspecified atom stereocenters. The number of carbonyl (C=O) groups excluding carboxylic acids is 1. The topological polar surface area (TPSA) is 70.3 Å². The summed E-state index contributed by atoms with van der Waals surface area (Å²) in [5.74, 6) is 1.48. The van der Waals surface area contributed by atoms with Gasteiger partial charge in [0.2, 0.25) is 5.91 Å². The third kappa shape index (κ3) is 6.68. The minimum atomic E-state index is -0.0344. The molecule has 7 nitrogen and oxygen atoms in total. The highest BCUT2D eigenvalue weighted by atomic mass is 127. The van der Waals surface area contributed by atoms with Crippen molar-refractivity contribution in [2.24, 2.45) is 4.99 Å². The summed E-state index contributed by atoms with van der Waals surface area (Å²) < 4.78 is 11.0. The van der Waals surface area contributed by atoms with Crippen molar-refractivity contribution in [3.63, 3.8) is 0 Å². The van der Waals surface area contributed by atoms with E-state index >= 15 is 0 Å². The molecule has 1 amide bonds. The van der Waals surface area contributed by atoms with E-state index in [0.717, 1.165) is 25.2 Å². The van der Waals surface area contributed by atoms with Gasteiger partial charge in [-0.3, -0.25) is 4.79 Å². The van der Waals surface area contributed by atoms with Crippen LogP contribution in [-0.4, -0.2) is 68.6 Å². The molecule has 24 heavy (non-hydrogen) atoms. The summed E-state index contributed by atoms with van der Waals surface area (Å²) in [6, 6.07) is 3.77. The summed E-state index contributed by atoms with van der Waals surface area (Å²) in [5, 5.41) is 3.31. The number of nitrogens with zero attached hydrogens (tertiary/aromatic N) is 3. The van der Waals surface area contributed by atoms with E-state index in [4.69, 9.17) is 9.15 Å². The molecule has 1 saturated heterocycles. The zero-order chi connectivity index (χ0) is 16.7. The van der Waals surface area contributed by atoms with Crippen LogP contribution in [0, 0.1) is 0 Å². The van der Waals surface area contributed by atoms with Gasteiger partial charge in [0, 0.05) is 34.3 Å². The molecule has 1 aromatic rings. The first kappa shape index (κ1) is 20.8. The number of aliphatic imine (C=N–C) groups is 1. The number of ether oxygens (including phenoxy) is 1. The van der Waals surface area contributed by atoms with Crippen LogP contribution in [0.25, 0.3) is 0 Å². The van der Waals surface area contributed by atoms with Crippen LogP contribution in [0.1, 0.15) is 18.6 Å². The van der Waals surface area contributed by atoms with Gasteiger partial charge in [0.05, 0.1) is 18.9 Å². The number of guanidine groups is 1. The number of halogens is 1. The Kier molecular flexibility index (Phi) is 9.12. The third-order valence-electron chi connectivity index (χ3n) is 3.71. The van der Waals surface area contributed by atoms with Crippen LogP contribution < -0.4 is 5.32 Å². The molecule has 1 aliphatic rings. The van der Waals surface area contributed by atoms with Gasteiger partial charge in [0.25, 0.3) is 0 Å². The maximum absolute atomic E-state index is 11.8. The first-order valence-electron chi connectivity index (χ1n) is 7.90. The summed E-state index contributed by atoms with van der Waals surface area (Å²) in [6.07, 6.45) is 4.01. The van der Waals surface area contributed by atoms with Crippen molar-refractivity contribution in [2.75, 3.05) is 40.8 Å². The van der Waals surface area contributed by atoms with Crippen LogP contribution in [-0.2, 0) is 16.1 Å². The van der Waals surface area contributed by atoms with Gasteiger partial charge in [-0.25, -0.2) is 4.99 Å². The monoisotopic (exact) mass is 450 g/mol. The van der Waals surface area contributed by atoms with Crippen molar-refractivity contribution in [1.29, 1.82) is 0 Å². The lowest BCUT2D eigenvalue weighted by Gasteiger charge is -2.23. The van der Waals surface area contributed by atoms with Gasteiger partial charge in [0.1, 0.15) is 12.3 Å². The number of furan rings is 1. The zero-order valence-electron chi connectivity index (χ0n) is 14.5. The van der Waals surface area contributed by atoms with E-state index in [9.17, 15) is 4.79 Å². The molecule has 2 heterocycles. The Morgan fingerprint density at radius 3 is 2.79 bits per heavy atom.